The van der Waals surface area contributed by atoms with E-state index in [0.717, 1.165) is 6.42 Å². The third-order valence-corrected chi connectivity index (χ3v) is 3.11. The highest BCUT2D eigenvalue weighted by Gasteiger charge is 1.89. The van der Waals surface area contributed by atoms with Crippen LogP contribution in [0.2, 0.25) is 0 Å². The summed E-state index contributed by atoms with van der Waals surface area (Å²) in [7, 11) is 0. The topological polar surface area (TPSA) is 0 Å². The maximum Gasteiger partial charge on any atom is -0.00641 e. The Morgan fingerprint density at radius 1 is 1.00 bits per heavy atom. The van der Waals surface area contributed by atoms with Crippen molar-refractivity contribution in [1.29, 1.82) is 0 Å². The Bertz CT molecular complexity index is 374. The fourth-order valence-electron chi connectivity index (χ4n) is 1.34. The molecule has 0 aliphatic carbocycles. The summed E-state index contributed by atoms with van der Waals surface area (Å²) in [5.41, 5.74) is 4.22. The van der Waals surface area contributed by atoms with Gasteiger partial charge in [-0.1, -0.05) is 45.0 Å². The van der Waals surface area contributed by atoms with Gasteiger partial charge in [-0.05, 0) is 53.8 Å². The van der Waals surface area contributed by atoms with Gasteiger partial charge in [0.2, 0.25) is 0 Å². The van der Waals surface area contributed by atoms with Gasteiger partial charge in [-0.15, -0.1) is 0 Å². The van der Waals surface area contributed by atoms with E-state index in [4.69, 9.17) is 0 Å². The summed E-state index contributed by atoms with van der Waals surface area (Å²) in [6.45, 7) is 10.4. The molecule has 0 atom stereocenters. The highest BCUT2D eigenvalue weighted by atomic mass is 32.1. The van der Waals surface area contributed by atoms with Crippen LogP contribution in [0.4, 0.5) is 0 Å². The zero-order valence-corrected chi connectivity index (χ0v) is 12.5. The fourth-order valence-corrected chi connectivity index (χ4v) is 2.00. The molecule has 0 amide bonds. The Morgan fingerprint density at radius 2 is 1.65 bits per heavy atom. The van der Waals surface area contributed by atoms with Gasteiger partial charge in [0.05, 0.1) is 0 Å². The monoisotopic (exact) mass is 248 g/mol. The van der Waals surface area contributed by atoms with Crippen LogP contribution in [0.15, 0.2) is 41.1 Å². The lowest BCUT2D eigenvalue weighted by atomic mass is 10.1. The molecule has 0 unspecified atom stereocenters. The number of hydrogen-bond donors (Lipinski definition) is 0. The average molecular weight is 248 g/mol. The molecule has 0 saturated heterocycles. The second kappa shape index (κ2) is 10.1. The van der Waals surface area contributed by atoms with E-state index in [0.29, 0.717) is 0 Å². The molecule has 94 valence electrons. The molecule has 2 aromatic rings. The zero-order chi connectivity index (χ0) is 13.1. The number of rotatable bonds is 1. The van der Waals surface area contributed by atoms with E-state index in [1.54, 1.807) is 11.3 Å². The molecule has 17 heavy (non-hydrogen) atoms. The highest BCUT2D eigenvalue weighted by Crippen LogP contribution is 2.06. The van der Waals surface area contributed by atoms with Crippen molar-refractivity contribution < 1.29 is 0 Å². The molecule has 0 saturated carbocycles. The summed E-state index contributed by atoms with van der Waals surface area (Å²) in [6, 6.07) is 10.6. The Kier molecular flexibility index (Phi) is 9.46. The van der Waals surface area contributed by atoms with E-state index < -0.39 is 0 Å². The summed E-state index contributed by atoms with van der Waals surface area (Å²) >= 11 is 1.74. The second-order valence-corrected chi connectivity index (χ2v) is 4.36. The van der Waals surface area contributed by atoms with Crippen LogP contribution in [0.5, 0.6) is 0 Å². The summed E-state index contributed by atoms with van der Waals surface area (Å²) in [6.07, 6.45) is 1.15. The maximum atomic E-state index is 2.18. The number of hydrogen-bond acceptors (Lipinski definition) is 1. The van der Waals surface area contributed by atoms with Gasteiger partial charge < -0.3 is 0 Å². The van der Waals surface area contributed by atoms with Crippen LogP contribution in [-0.4, -0.2) is 0 Å². The van der Waals surface area contributed by atoms with Crippen molar-refractivity contribution in [2.45, 2.75) is 41.0 Å². The Balaban J connectivity index is 0.000000278. The fraction of sp³-hybridized carbons (Fsp3) is 0.375. The normalized spacial score (nSPS) is 8.53. The van der Waals surface area contributed by atoms with Gasteiger partial charge in [0.15, 0.2) is 0 Å². The molecule has 0 N–H and O–H groups in total. The summed E-state index contributed by atoms with van der Waals surface area (Å²) in [4.78, 5) is 0. The maximum absolute atomic E-state index is 2.18. The Morgan fingerprint density at radius 3 is 1.94 bits per heavy atom. The van der Waals surface area contributed by atoms with Crippen LogP contribution in [0.25, 0.3) is 0 Å². The van der Waals surface area contributed by atoms with E-state index in [-0.39, 0.29) is 0 Å². The van der Waals surface area contributed by atoms with Crippen molar-refractivity contribution in [3.8, 4) is 0 Å². The van der Waals surface area contributed by atoms with E-state index in [9.17, 15) is 0 Å². The van der Waals surface area contributed by atoms with Crippen molar-refractivity contribution in [1.82, 2.24) is 0 Å². The largest absolute Gasteiger partial charge is 0.152 e. The third kappa shape index (κ3) is 6.96. The average Bonchev–Trinajstić information content (AvgIpc) is 2.84. The summed E-state index contributed by atoms with van der Waals surface area (Å²) < 4.78 is 0. The predicted octanol–water partition coefficient (Wildman–Crippen LogP) is 5.64. The molecule has 0 nitrogen and oxygen atoms in total. The standard InChI is InChI=1S/C9H12.C5H6S.C2H6/c1-3-9-7-5-4-6-8(9)2;1-5-2-3-6-4-5;1-2/h4-7H,3H2,1-2H3;2-4H,1H3;1-2H3. The van der Waals surface area contributed by atoms with Gasteiger partial charge in [-0.3, -0.25) is 0 Å². The van der Waals surface area contributed by atoms with Crippen LogP contribution in [-0.2, 0) is 6.42 Å². The van der Waals surface area contributed by atoms with E-state index in [2.05, 4.69) is 61.9 Å². The lowest BCUT2D eigenvalue weighted by molar-refractivity contribution is 1.11. The second-order valence-electron chi connectivity index (χ2n) is 3.58. The first-order chi connectivity index (χ1) is 8.24. The molecule has 0 fully saturated rings. The van der Waals surface area contributed by atoms with Crippen LogP contribution in [0.3, 0.4) is 0 Å². The molecule has 1 aromatic carbocycles. The van der Waals surface area contributed by atoms with Crippen LogP contribution >= 0.6 is 11.3 Å². The minimum Gasteiger partial charge on any atom is -0.152 e. The molecule has 0 aliphatic rings. The molecular formula is C16H24S. The minimum atomic E-state index is 1.15. The van der Waals surface area contributed by atoms with Gasteiger partial charge in [0.25, 0.3) is 0 Å². The number of aryl methyl sites for hydroxylation is 3. The molecule has 0 radical (unpaired) electrons. The van der Waals surface area contributed by atoms with Crippen LogP contribution in [0.1, 0.15) is 37.5 Å². The molecule has 1 heterocycles. The van der Waals surface area contributed by atoms with Crippen molar-refractivity contribution in [3.63, 3.8) is 0 Å². The SMILES string of the molecule is CC.CCc1ccccc1C.Cc1ccsc1. The van der Waals surface area contributed by atoms with Crippen molar-refractivity contribution >= 4 is 11.3 Å². The van der Waals surface area contributed by atoms with E-state index >= 15 is 0 Å². The van der Waals surface area contributed by atoms with Gasteiger partial charge >= 0.3 is 0 Å². The van der Waals surface area contributed by atoms with Crippen molar-refractivity contribution in [3.05, 3.63) is 57.8 Å². The number of thiophene rings is 1. The first kappa shape index (κ1) is 15.9. The number of benzene rings is 1. The summed E-state index contributed by atoms with van der Waals surface area (Å²) in [5, 5.41) is 4.20. The van der Waals surface area contributed by atoms with Crippen molar-refractivity contribution in [2.75, 3.05) is 0 Å². The molecule has 0 bridgehead atoms. The Hall–Kier alpha value is -1.08. The third-order valence-electron chi connectivity index (χ3n) is 2.31. The minimum absolute atomic E-state index is 1.15. The quantitative estimate of drug-likeness (QED) is 0.612. The Labute approximate surface area is 110 Å². The van der Waals surface area contributed by atoms with Crippen molar-refractivity contribution in [2.24, 2.45) is 0 Å². The van der Waals surface area contributed by atoms with E-state index in [1.807, 2.05) is 13.8 Å². The zero-order valence-electron chi connectivity index (χ0n) is 11.7. The predicted molar refractivity (Wildman–Crippen MR) is 81.0 cm³/mol. The molecular weight excluding hydrogens is 224 g/mol. The van der Waals surface area contributed by atoms with Crippen LogP contribution in [0, 0.1) is 13.8 Å². The lowest BCUT2D eigenvalue weighted by Crippen LogP contribution is -1.82. The molecule has 1 heteroatoms. The van der Waals surface area contributed by atoms with Gasteiger partial charge in [-0.25, -0.2) is 0 Å². The lowest BCUT2D eigenvalue weighted by Gasteiger charge is -1.98. The van der Waals surface area contributed by atoms with Gasteiger partial charge in [-0.2, -0.15) is 11.3 Å². The summed E-state index contributed by atoms with van der Waals surface area (Å²) in [5.74, 6) is 0. The smallest absolute Gasteiger partial charge is 0.00641 e. The first-order valence-corrected chi connectivity index (χ1v) is 7.21. The molecule has 2 rings (SSSR count). The van der Waals surface area contributed by atoms with Gasteiger partial charge in [0, 0.05) is 0 Å². The first-order valence-electron chi connectivity index (χ1n) is 6.27. The van der Waals surface area contributed by atoms with E-state index in [1.165, 1.54) is 16.7 Å². The van der Waals surface area contributed by atoms with Gasteiger partial charge in [0.1, 0.15) is 0 Å². The molecule has 0 spiro atoms. The molecule has 1 aromatic heterocycles. The van der Waals surface area contributed by atoms with Crippen LogP contribution < -0.4 is 0 Å². The molecule has 0 aliphatic heterocycles. The highest BCUT2D eigenvalue weighted by molar-refractivity contribution is 7.07.